The molecule has 0 radical (unpaired) electrons. The summed E-state index contributed by atoms with van der Waals surface area (Å²) in [6.45, 7) is 13.7. The van der Waals surface area contributed by atoms with Crippen LogP contribution in [0.5, 0.6) is 0 Å². The number of esters is 1. The van der Waals surface area contributed by atoms with Crippen LogP contribution >= 0.6 is 0 Å². The van der Waals surface area contributed by atoms with Gasteiger partial charge in [0.05, 0.1) is 31.3 Å². The van der Waals surface area contributed by atoms with Gasteiger partial charge in [0.25, 0.3) is 0 Å². The molecule has 0 bridgehead atoms. The molecule has 27 atom stereocenters. The number of aliphatic hydroxyl groups excluding tert-OH is 12. The lowest BCUT2D eigenvalue weighted by Gasteiger charge is -2.71. The van der Waals surface area contributed by atoms with E-state index >= 15 is 0 Å². The molecule has 23 heteroatoms. The molecule has 9 aliphatic rings. The number of carbonyl (C=O) groups is 2. The molecule has 8 fully saturated rings. The third-order valence-electron chi connectivity index (χ3n) is 21.0. The van der Waals surface area contributed by atoms with Crippen molar-refractivity contribution < 1.29 is 114 Å². The molecule has 4 saturated carbocycles. The van der Waals surface area contributed by atoms with E-state index in [0.29, 0.717) is 44.9 Å². The van der Waals surface area contributed by atoms with E-state index in [4.69, 9.17) is 37.9 Å². The van der Waals surface area contributed by atoms with E-state index in [0.717, 1.165) is 19.3 Å². The highest BCUT2D eigenvalue weighted by atomic mass is 16.8. The lowest BCUT2D eigenvalue weighted by molar-refractivity contribution is -0.392. The predicted molar refractivity (Wildman–Crippen MR) is 257 cm³/mol. The SMILES string of the molecule is CC1(C)CC[C@]2(C(=O)O[C@@H]3O[C@H](CO)[C@@H](O)[C@H](O)[C@H]3O)CC[C@]3(C)C(=CC[C@@H]4[C@@]5(C)CC[C@H](O[C@@H]6O[C@H](C(=O)O)[C@@H](O)[C@H](O[C@H]7OC[C@H](O)[C@H](O)[C@H]7O)[C@H]6O[C@H]6O[C@H](CO)[C@@H](O)[C@H](O)[C@H]6O)C(C)(C)[C@H]5CC[C@]43C)[C@H]2C1. The highest BCUT2D eigenvalue weighted by Crippen LogP contribution is 2.76. The number of rotatable bonds is 11. The summed E-state index contributed by atoms with van der Waals surface area (Å²) >= 11 is 0. The van der Waals surface area contributed by atoms with Gasteiger partial charge in [0, 0.05) is 0 Å². The van der Waals surface area contributed by atoms with Crippen LogP contribution in [0.25, 0.3) is 0 Å². The Balaban J connectivity index is 0.999. The zero-order chi connectivity index (χ0) is 55.6. The molecular formula is C53H84O23. The lowest BCUT2D eigenvalue weighted by atomic mass is 9.33. The van der Waals surface area contributed by atoms with Crippen LogP contribution in [0.2, 0.25) is 0 Å². The second kappa shape index (κ2) is 21.0. The van der Waals surface area contributed by atoms with Crippen molar-refractivity contribution in [2.45, 2.75) is 235 Å². The van der Waals surface area contributed by atoms with Crippen molar-refractivity contribution in [2.75, 3.05) is 19.8 Å². The smallest absolute Gasteiger partial charge is 0.335 e. The first-order valence-electron chi connectivity index (χ1n) is 27.2. The van der Waals surface area contributed by atoms with Gasteiger partial charge in [-0.15, -0.1) is 0 Å². The Kier molecular flexibility index (Phi) is 16.2. The second-order valence-electron chi connectivity index (χ2n) is 25.9. The van der Waals surface area contributed by atoms with E-state index in [-0.39, 0.29) is 39.4 Å². The van der Waals surface area contributed by atoms with Crippen molar-refractivity contribution in [2.24, 2.45) is 50.2 Å². The minimum atomic E-state index is -2.09. The molecule has 0 aromatic carbocycles. The largest absolute Gasteiger partial charge is 0.479 e. The van der Waals surface area contributed by atoms with E-state index in [1.165, 1.54) is 5.57 Å². The van der Waals surface area contributed by atoms with Gasteiger partial charge in [-0.3, -0.25) is 4.79 Å². The molecular weight excluding hydrogens is 1000 g/mol. The Morgan fingerprint density at radius 2 is 1.20 bits per heavy atom. The first-order valence-corrected chi connectivity index (χ1v) is 27.2. The average Bonchev–Trinajstić information content (AvgIpc) is 3.54. The minimum absolute atomic E-state index is 0.000185. The molecule has 0 amide bonds. The van der Waals surface area contributed by atoms with Crippen LogP contribution in [0.15, 0.2) is 11.6 Å². The maximum Gasteiger partial charge on any atom is 0.335 e. The summed E-state index contributed by atoms with van der Waals surface area (Å²) in [6.07, 6.45) is -25.0. The summed E-state index contributed by atoms with van der Waals surface area (Å²) in [7, 11) is 0. The topological polar surface area (TPSA) is 371 Å². The molecule has 0 aromatic heterocycles. The van der Waals surface area contributed by atoms with Crippen LogP contribution in [0.4, 0.5) is 0 Å². The molecule has 5 aliphatic carbocycles. The number of hydrogen-bond acceptors (Lipinski definition) is 22. The fraction of sp³-hybridized carbons (Fsp3) is 0.925. The third-order valence-corrected chi connectivity index (χ3v) is 21.0. The maximum absolute atomic E-state index is 14.8. The zero-order valence-corrected chi connectivity index (χ0v) is 44.4. The molecule has 0 aromatic rings. The van der Waals surface area contributed by atoms with Crippen molar-refractivity contribution in [3.8, 4) is 0 Å². The first-order chi connectivity index (χ1) is 35.5. The number of carboxylic acids is 1. The third kappa shape index (κ3) is 9.42. The van der Waals surface area contributed by atoms with Crippen LogP contribution in [-0.4, -0.2) is 221 Å². The van der Waals surface area contributed by atoms with Crippen LogP contribution in [0, 0.1) is 50.2 Å². The standard InChI is InChI=1S/C53H84O23/c1-48(2)14-16-53(47(68)76-45-37(64)34(61)32(59)26(20-55)71-45)17-15-51(6)22(23(53)18-48)8-9-28-50(5)12-11-29(49(3,4)27(50)10-13-52(28,51)7)72-46-41(75-44-36(63)33(60)31(58)25(19-54)70-44)39(38(65)40(74-46)42(66)67)73-43-35(62)30(57)24(56)21-69-43/h8,23-41,43-46,54-65H,9-21H2,1-7H3,(H,66,67)/t23-,24+,25-,26-,27-,28-,29+,30+,31-,32-,33+,34+,35-,36-,37-,38+,39+,40+,41-,43-,44-,45+,46-,50+,51-,52-,53+/m1/s1. The highest BCUT2D eigenvalue weighted by Gasteiger charge is 2.70. The van der Waals surface area contributed by atoms with Gasteiger partial charge in [-0.05, 0) is 109 Å². The second-order valence-corrected chi connectivity index (χ2v) is 25.9. The summed E-state index contributed by atoms with van der Waals surface area (Å²) in [5.41, 5.74) is -1.45. The summed E-state index contributed by atoms with van der Waals surface area (Å²) in [4.78, 5) is 27.6. The molecule has 13 N–H and O–H groups in total. The molecule has 434 valence electrons. The van der Waals surface area contributed by atoms with Gasteiger partial charge in [0.1, 0.15) is 85.5 Å². The van der Waals surface area contributed by atoms with Gasteiger partial charge in [-0.1, -0.05) is 60.1 Å². The number of hydrogen-bond donors (Lipinski definition) is 13. The number of carbonyl (C=O) groups excluding carboxylic acids is 1. The van der Waals surface area contributed by atoms with E-state index in [1.807, 2.05) is 0 Å². The molecule has 4 aliphatic heterocycles. The zero-order valence-electron chi connectivity index (χ0n) is 44.4. The van der Waals surface area contributed by atoms with Gasteiger partial charge in [-0.25, -0.2) is 4.79 Å². The summed E-state index contributed by atoms with van der Waals surface area (Å²) in [5, 5.41) is 138. The Labute approximate surface area is 442 Å². The van der Waals surface area contributed by atoms with Gasteiger partial charge < -0.3 is 104 Å². The summed E-state index contributed by atoms with van der Waals surface area (Å²) < 4.78 is 48.1. The number of aliphatic hydroxyl groups is 12. The van der Waals surface area contributed by atoms with E-state index in [1.54, 1.807) is 0 Å². The lowest BCUT2D eigenvalue weighted by Crippen LogP contribution is -2.68. The molecule has 4 saturated heterocycles. The molecule has 0 spiro atoms. The van der Waals surface area contributed by atoms with Crippen LogP contribution < -0.4 is 0 Å². The Hall–Kier alpha value is -2.08. The number of carboxylic acid groups (broad SMARTS) is 1. The van der Waals surface area contributed by atoms with Crippen molar-refractivity contribution in [1.29, 1.82) is 0 Å². The molecule has 0 unspecified atom stereocenters. The van der Waals surface area contributed by atoms with Gasteiger partial charge in [-0.2, -0.15) is 0 Å². The summed E-state index contributed by atoms with van der Waals surface area (Å²) in [6, 6.07) is 0. The minimum Gasteiger partial charge on any atom is -0.479 e. The summed E-state index contributed by atoms with van der Waals surface area (Å²) in [5.74, 6) is -2.22. The Morgan fingerprint density at radius 1 is 0.605 bits per heavy atom. The average molecular weight is 1090 g/mol. The molecule has 76 heavy (non-hydrogen) atoms. The van der Waals surface area contributed by atoms with Gasteiger partial charge in [0.2, 0.25) is 6.29 Å². The Bertz CT molecular complexity index is 2140. The number of fused-ring (bicyclic) bond motifs is 7. The monoisotopic (exact) mass is 1090 g/mol. The van der Waals surface area contributed by atoms with Crippen LogP contribution in [-0.2, 0) is 47.5 Å². The highest BCUT2D eigenvalue weighted by molar-refractivity contribution is 5.79. The quantitative estimate of drug-likeness (QED) is 0.0649. The number of allylic oxidation sites excluding steroid dienone is 2. The van der Waals surface area contributed by atoms with Gasteiger partial charge in [0.15, 0.2) is 25.0 Å². The van der Waals surface area contributed by atoms with E-state index in [2.05, 4.69) is 54.5 Å². The number of ether oxygens (including phenoxy) is 8. The fourth-order valence-electron chi connectivity index (χ4n) is 16.2. The first kappa shape index (κ1) is 58.6. The maximum atomic E-state index is 14.8. The van der Waals surface area contributed by atoms with E-state index in [9.17, 15) is 76.0 Å². The predicted octanol–water partition coefficient (Wildman–Crippen LogP) is -1.30. The molecule has 9 rings (SSSR count). The normalized spacial score (nSPS) is 52.9. The van der Waals surface area contributed by atoms with E-state index < -0.39 is 165 Å². The van der Waals surface area contributed by atoms with Gasteiger partial charge >= 0.3 is 11.9 Å². The fourth-order valence-corrected chi connectivity index (χ4v) is 16.2. The molecule has 23 nitrogen and oxygen atoms in total. The van der Waals surface area contributed by atoms with Crippen molar-refractivity contribution in [3.05, 3.63) is 11.6 Å². The van der Waals surface area contributed by atoms with Crippen molar-refractivity contribution >= 4 is 11.9 Å². The Morgan fingerprint density at radius 3 is 1.83 bits per heavy atom. The van der Waals surface area contributed by atoms with Crippen molar-refractivity contribution in [3.63, 3.8) is 0 Å². The molecule has 4 heterocycles. The van der Waals surface area contributed by atoms with Crippen LogP contribution in [0.1, 0.15) is 113 Å². The van der Waals surface area contributed by atoms with Crippen LogP contribution in [0.3, 0.4) is 0 Å². The number of aliphatic carboxylic acids is 1. The van der Waals surface area contributed by atoms with Crippen molar-refractivity contribution in [1.82, 2.24) is 0 Å².